The molecule has 4 aromatic rings. The van der Waals surface area contributed by atoms with E-state index in [9.17, 15) is 9.59 Å². The highest BCUT2D eigenvalue weighted by Crippen LogP contribution is 2.20. The summed E-state index contributed by atoms with van der Waals surface area (Å²) >= 11 is 0. The largest absolute Gasteiger partial charge is 0.326 e. The average molecular weight is 558 g/mol. The number of para-hydroxylation sites is 2. The number of hydrogen-bond donors (Lipinski definition) is 3. The van der Waals surface area contributed by atoms with Gasteiger partial charge in [-0.15, -0.1) is 13.2 Å². The number of anilines is 2. The molecule has 0 saturated carbocycles. The van der Waals surface area contributed by atoms with Crippen LogP contribution in [0.15, 0.2) is 92.0 Å². The minimum Gasteiger partial charge on any atom is -0.326 e. The van der Waals surface area contributed by atoms with Crippen molar-refractivity contribution >= 4 is 34.1 Å². The topological polar surface area (TPSA) is 90.1 Å². The monoisotopic (exact) mass is 557 g/mol. The Morgan fingerprint density at radius 1 is 0.902 bits per heavy atom. The summed E-state index contributed by atoms with van der Waals surface area (Å²) in [6.07, 6.45) is 0.638. The summed E-state index contributed by atoms with van der Waals surface area (Å²) in [6, 6.07) is 25.6. The lowest BCUT2D eigenvalue weighted by Gasteiger charge is -2.27. The fraction of sp³-hybridized carbons (Fsp3) is 0.324. The van der Waals surface area contributed by atoms with Crippen LogP contribution in [0.1, 0.15) is 45.9 Å². The Kier molecular flexibility index (Phi) is 16.1. The maximum absolute atomic E-state index is 12.2. The molecule has 0 aliphatic rings. The van der Waals surface area contributed by atoms with Crippen LogP contribution >= 0.6 is 0 Å². The molecule has 0 fully saturated rings. The lowest BCUT2D eigenvalue weighted by molar-refractivity contribution is -0.119. The third kappa shape index (κ3) is 11.0. The summed E-state index contributed by atoms with van der Waals surface area (Å²) in [4.78, 5) is 26.0. The zero-order chi connectivity index (χ0) is 30.8. The van der Waals surface area contributed by atoms with Gasteiger partial charge in [-0.05, 0) is 58.2 Å². The van der Waals surface area contributed by atoms with Crippen molar-refractivity contribution in [2.45, 2.75) is 54.0 Å². The summed E-state index contributed by atoms with van der Waals surface area (Å²) < 4.78 is 0. The van der Waals surface area contributed by atoms with Crippen LogP contribution in [-0.4, -0.2) is 41.6 Å². The minimum absolute atomic E-state index is 0.0138. The third-order valence-corrected chi connectivity index (χ3v) is 5.96. The normalized spacial score (nSPS) is 10.6. The molecule has 220 valence electrons. The number of likely N-dealkylation sites (N-methyl/N-ethyl adjacent to an activating group) is 1. The molecule has 3 aromatic carbocycles. The molecular weight excluding hydrogens is 510 g/mol. The highest BCUT2D eigenvalue weighted by Gasteiger charge is 2.18. The van der Waals surface area contributed by atoms with Crippen molar-refractivity contribution < 1.29 is 9.59 Å². The number of benzene rings is 3. The molecule has 0 radical (unpaired) electrons. The quantitative estimate of drug-likeness (QED) is 0.200. The summed E-state index contributed by atoms with van der Waals surface area (Å²) in [5.41, 5.74) is 4.92. The van der Waals surface area contributed by atoms with Crippen molar-refractivity contribution in [3.05, 3.63) is 103 Å². The first-order valence-electron chi connectivity index (χ1n) is 14.1. The van der Waals surface area contributed by atoms with Gasteiger partial charge >= 0.3 is 0 Å². The zero-order valence-electron chi connectivity index (χ0n) is 25.7. The molecule has 1 atom stereocenters. The van der Waals surface area contributed by atoms with Crippen LogP contribution in [0, 0.1) is 12.8 Å². The maximum Gasteiger partial charge on any atom is 0.241 e. The van der Waals surface area contributed by atoms with Gasteiger partial charge in [-0.25, -0.2) is 0 Å². The second-order valence-corrected chi connectivity index (χ2v) is 9.40. The van der Waals surface area contributed by atoms with Gasteiger partial charge in [-0.2, -0.15) is 5.10 Å². The van der Waals surface area contributed by atoms with Crippen LogP contribution in [0.25, 0.3) is 10.9 Å². The molecule has 1 unspecified atom stereocenters. The molecule has 4 rings (SSSR count). The average Bonchev–Trinajstić information content (AvgIpc) is 3.40. The Bertz CT molecular complexity index is 1300. The molecule has 41 heavy (non-hydrogen) atoms. The van der Waals surface area contributed by atoms with E-state index in [1.54, 1.807) is 7.05 Å². The Hall–Kier alpha value is -4.23. The lowest BCUT2D eigenvalue weighted by Crippen LogP contribution is -2.41. The number of carbonyl (C=O) groups is 2. The number of amides is 2. The first-order valence-corrected chi connectivity index (χ1v) is 14.1. The molecule has 1 aromatic heterocycles. The zero-order valence-corrected chi connectivity index (χ0v) is 25.7. The number of aromatic nitrogens is 2. The number of nitrogens with one attached hydrogen (secondary N) is 3. The lowest BCUT2D eigenvalue weighted by atomic mass is 10.0. The van der Waals surface area contributed by atoms with Crippen LogP contribution < -0.4 is 15.5 Å². The second kappa shape index (κ2) is 19.0. The first kappa shape index (κ1) is 34.8. The van der Waals surface area contributed by atoms with E-state index in [0.29, 0.717) is 13.0 Å². The molecule has 0 bridgehead atoms. The number of H-pyrrole nitrogens is 1. The van der Waals surface area contributed by atoms with E-state index in [2.05, 4.69) is 34.0 Å². The molecular formula is C34H47N5O2. The van der Waals surface area contributed by atoms with Crippen molar-refractivity contribution in [2.24, 2.45) is 5.92 Å². The van der Waals surface area contributed by atoms with Crippen molar-refractivity contribution in [2.75, 3.05) is 23.8 Å². The summed E-state index contributed by atoms with van der Waals surface area (Å²) in [6.45, 7) is 18.4. The van der Waals surface area contributed by atoms with E-state index < -0.39 is 0 Å². The molecule has 7 nitrogen and oxygen atoms in total. The standard InChI is InChI=1S/C17H17N3O.C13H20N2O.C2H6.C2H4/c1-12(17(21)18-13-7-3-2-4-8-13)11-16-14-9-5-6-10-15(14)19-20-16;1-10(2)15(13(16)9-14-4)12-7-5-11(3)6-8-12;2*1-2/h2-10,12H,11H2,1H3,(H,18,21)(H,19,20);5-8,10,14H,9H2,1-4H3;1-2H3;1-2H2. The number of rotatable bonds is 8. The Morgan fingerprint density at radius 3 is 2.07 bits per heavy atom. The van der Waals surface area contributed by atoms with Gasteiger partial charge in [-0.3, -0.25) is 14.7 Å². The highest BCUT2D eigenvalue weighted by atomic mass is 16.2. The minimum atomic E-state index is -0.130. The predicted octanol–water partition coefficient (Wildman–Crippen LogP) is 7.16. The third-order valence-electron chi connectivity index (χ3n) is 5.96. The molecule has 3 N–H and O–H groups in total. The number of fused-ring (bicyclic) bond motifs is 1. The van der Waals surface area contributed by atoms with E-state index in [0.717, 1.165) is 28.0 Å². The van der Waals surface area contributed by atoms with Crippen molar-refractivity contribution in [3.8, 4) is 0 Å². The van der Waals surface area contributed by atoms with Crippen LogP contribution in [0.4, 0.5) is 11.4 Å². The Labute approximate surface area is 246 Å². The van der Waals surface area contributed by atoms with Gasteiger partial charge < -0.3 is 15.5 Å². The van der Waals surface area contributed by atoms with E-state index in [1.807, 2.05) is 125 Å². The highest BCUT2D eigenvalue weighted by molar-refractivity contribution is 5.95. The van der Waals surface area contributed by atoms with Crippen LogP contribution in [0.2, 0.25) is 0 Å². The molecule has 1 heterocycles. The SMILES string of the molecule is C=C.CC.CC(Cc1[nH]nc2ccccc12)C(=O)Nc1ccccc1.CNCC(=O)N(c1ccc(C)cc1)C(C)C. The molecule has 0 aliphatic carbocycles. The summed E-state index contributed by atoms with van der Waals surface area (Å²) in [5.74, 6) is -0.0182. The number of aromatic amines is 1. The van der Waals surface area contributed by atoms with Gasteiger partial charge in [0.25, 0.3) is 0 Å². The molecule has 2 amide bonds. The molecule has 0 spiro atoms. The van der Waals surface area contributed by atoms with Gasteiger partial charge in [-0.1, -0.05) is 74.9 Å². The van der Waals surface area contributed by atoms with Gasteiger partial charge in [0.1, 0.15) is 0 Å². The number of carbonyl (C=O) groups excluding carboxylic acids is 2. The van der Waals surface area contributed by atoms with Gasteiger partial charge in [0, 0.05) is 40.8 Å². The fourth-order valence-electron chi connectivity index (χ4n) is 4.03. The van der Waals surface area contributed by atoms with Gasteiger partial charge in [0.15, 0.2) is 0 Å². The van der Waals surface area contributed by atoms with Crippen LogP contribution in [-0.2, 0) is 16.0 Å². The van der Waals surface area contributed by atoms with Crippen LogP contribution in [0.5, 0.6) is 0 Å². The smallest absolute Gasteiger partial charge is 0.241 e. The van der Waals surface area contributed by atoms with Gasteiger partial charge in [0.2, 0.25) is 11.8 Å². The van der Waals surface area contributed by atoms with E-state index in [1.165, 1.54) is 5.56 Å². The fourth-order valence-corrected chi connectivity index (χ4v) is 4.03. The number of nitrogens with zero attached hydrogens (tertiary/aromatic N) is 2. The van der Waals surface area contributed by atoms with Crippen molar-refractivity contribution in [1.29, 1.82) is 0 Å². The summed E-state index contributed by atoms with van der Waals surface area (Å²) in [7, 11) is 1.78. The number of aryl methyl sites for hydroxylation is 1. The Balaban J connectivity index is 0.000000377. The van der Waals surface area contributed by atoms with E-state index in [4.69, 9.17) is 0 Å². The van der Waals surface area contributed by atoms with E-state index in [-0.39, 0.29) is 23.8 Å². The molecule has 7 heteroatoms. The number of hydrogen-bond acceptors (Lipinski definition) is 4. The molecule has 0 aliphatic heterocycles. The van der Waals surface area contributed by atoms with E-state index >= 15 is 0 Å². The summed E-state index contributed by atoms with van der Waals surface area (Å²) in [5, 5.41) is 14.2. The van der Waals surface area contributed by atoms with Crippen molar-refractivity contribution in [1.82, 2.24) is 15.5 Å². The maximum atomic E-state index is 12.2. The van der Waals surface area contributed by atoms with Gasteiger partial charge in [0.05, 0.1) is 12.1 Å². The first-order chi connectivity index (χ1) is 19.8. The predicted molar refractivity (Wildman–Crippen MR) is 174 cm³/mol. The van der Waals surface area contributed by atoms with Crippen LogP contribution in [0.3, 0.4) is 0 Å². The molecule has 0 saturated heterocycles. The van der Waals surface area contributed by atoms with Crippen molar-refractivity contribution in [3.63, 3.8) is 0 Å². The second-order valence-electron chi connectivity index (χ2n) is 9.40. The Morgan fingerprint density at radius 2 is 1.49 bits per heavy atom.